The Morgan fingerprint density at radius 2 is 2.10 bits per heavy atom. The summed E-state index contributed by atoms with van der Waals surface area (Å²) in [7, 11) is 0. The number of β-amino-alcohol motifs (C(OH)–C–C–N with tert-alkyl or cyclic N) is 1. The third kappa shape index (κ3) is 3.07. The van der Waals surface area contributed by atoms with Crippen LogP contribution in [0.1, 0.15) is 12.8 Å². The van der Waals surface area contributed by atoms with Crippen LogP contribution in [0.15, 0.2) is 36.8 Å². The van der Waals surface area contributed by atoms with Crippen molar-refractivity contribution in [1.82, 2.24) is 29.3 Å². The maximum absolute atomic E-state index is 11.3. The van der Waals surface area contributed by atoms with Crippen LogP contribution in [-0.2, 0) is 11.3 Å². The van der Waals surface area contributed by atoms with Crippen molar-refractivity contribution >= 4 is 34.0 Å². The predicted molar refractivity (Wildman–Crippen MR) is 105 cm³/mol. The second kappa shape index (κ2) is 6.82. The van der Waals surface area contributed by atoms with Crippen LogP contribution in [0.25, 0.3) is 27.9 Å². The van der Waals surface area contributed by atoms with E-state index in [4.69, 9.17) is 4.98 Å². The first-order chi connectivity index (χ1) is 14.1. The first-order valence-corrected chi connectivity index (χ1v) is 9.41. The maximum atomic E-state index is 11.3. The fourth-order valence-electron chi connectivity index (χ4n) is 3.75. The van der Waals surface area contributed by atoms with Gasteiger partial charge in [-0.2, -0.15) is 15.1 Å². The van der Waals surface area contributed by atoms with E-state index in [9.17, 15) is 15.0 Å². The van der Waals surface area contributed by atoms with Crippen molar-refractivity contribution in [1.29, 1.82) is 0 Å². The maximum Gasteiger partial charge on any atom is 0.323 e. The van der Waals surface area contributed by atoms with E-state index in [-0.39, 0.29) is 6.54 Å². The molecule has 0 bridgehead atoms. The molecule has 3 aromatic heterocycles. The molecule has 1 saturated heterocycles. The van der Waals surface area contributed by atoms with Crippen molar-refractivity contribution in [3.05, 3.63) is 36.8 Å². The summed E-state index contributed by atoms with van der Waals surface area (Å²) in [6, 6.07) is 7.76. The third-order valence-corrected chi connectivity index (χ3v) is 5.10. The van der Waals surface area contributed by atoms with Gasteiger partial charge in [-0.3, -0.25) is 4.79 Å². The van der Waals surface area contributed by atoms with E-state index in [1.54, 1.807) is 10.9 Å². The van der Waals surface area contributed by atoms with Crippen molar-refractivity contribution in [3.63, 3.8) is 0 Å². The van der Waals surface area contributed by atoms with E-state index in [0.717, 1.165) is 30.3 Å². The Bertz CT molecular complexity index is 1220. The number of hydrogen-bond acceptors (Lipinski definition) is 7. The number of aliphatic hydroxyl groups excluding tert-OH is 1. The van der Waals surface area contributed by atoms with Gasteiger partial charge in [0.05, 0.1) is 24.1 Å². The highest BCUT2D eigenvalue weighted by molar-refractivity contribution is 5.86. The quantitative estimate of drug-likeness (QED) is 0.531. The number of hydrogen-bond donors (Lipinski definition) is 2. The minimum atomic E-state index is -0.982. The molecule has 0 radical (unpaired) electrons. The summed E-state index contributed by atoms with van der Waals surface area (Å²) in [5.74, 6) is -0.0719. The van der Waals surface area contributed by atoms with Crippen LogP contribution < -0.4 is 4.90 Å². The van der Waals surface area contributed by atoms with E-state index in [2.05, 4.69) is 15.1 Å². The van der Waals surface area contributed by atoms with Gasteiger partial charge in [-0.25, -0.2) is 9.67 Å². The Hall–Kier alpha value is -3.53. The number of benzene rings is 1. The average molecular weight is 393 g/mol. The first kappa shape index (κ1) is 17.6. The standard InChI is InChI=1S/C19H19N7O3/c27-13-5-3-7-24(9-13)19-22-17-16(20-11-25(17)10-15(28)29)18(23-19)26-14-6-2-1-4-12(14)8-21-26/h1-2,4,6,8,11,13,27H,3,5,7,9-10H2,(H,28,29)/t13-/m1/s1. The van der Waals surface area contributed by atoms with Gasteiger partial charge in [-0.15, -0.1) is 0 Å². The smallest absolute Gasteiger partial charge is 0.323 e. The molecule has 1 aliphatic heterocycles. The number of para-hydroxylation sites is 1. The molecule has 0 spiro atoms. The summed E-state index contributed by atoms with van der Waals surface area (Å²) in [6.45, 7) is 0.891. The Morgan fingerprint density at radius 3 is 2.93 bits per heavy atom. The number of aliphatic carboxylic acids is 1. The number of piperidine rings is 1. The van der Waals surface area contributed by atoms with Crippen LogP contribution >= 0.6 is 0 Å². The largest absolute Gasteiger partial charge is 0.480 e. The highest BCUT2D eigenvalue weighted by Crippen LogP contribution is 2.26. The second-order valence-corrected chi connectivity index (χ2v) is 7.14. The Labute approximate surface area is 165 Å². The molecular weight excluding hydrogens is 374 g/mol. The van der Waals surface area contributed by atoms with Crippen LogP contribution in [0.5, 0.6) is 0 Å². The minimum absolute atomic E-state index is 0.255. The molecule has 1 atom stereocenters. The lowest BCUT2D eigenvalue weighted by Crippen LogP contribution is -2.39. The van der Waals surface area contributed by atoms with Crippen molar-refractivity contribution < 1.29 is 15.0 Å². The van der Waals surface area contributed by atoms with E-state index in [1.165, 1.54) is 10.9 Å². The number of carboxylic acid groups (broad SMARTS) is 1. The minimum Gasteiger partial charge on any atom is -0.480 e. The number of rotatable bonds is 4. The third-order valence-electron chi connectivity index (χ3n) is 5.10. The summed E-state index contributed by atoms with van der Waals surface area (Å²) >= 11 is 0. The van der Waals surface area contributed by atoms with Gasteiger partial charge in [0.15, 0.2) is 17.0 Å². The molecule has 4 heterocycles. The van der Waals surface area contributed by atoms with Gasteiger partial charge in [0.2, 0.25) is 5.95 Å². The normalized spacial score (nSPS) is 17.3. The van der Waals surface area contributed by atoms with Crippen LogP contribution in [0.4, 0.5) is 5.95 Å². The van der Waals surface area contributed by atoms with Gasteiger partial charge in [0.25, 0.3) is 0 Å². The number of anilines is 1. The van der Waals surface area contributed by atoms with Crippen molar-refractivity contribution in [2.24, 2.45) is 0 Å². The summed E-state index contributed by atoms with van der Waals surface area (Å²) in [5.41, 5.74) is 1.76. The zero-order valence-corrected chi connectivity index (χ0v) is 15.5. The van der Waals surface area contributed by atoms with Gasteiger partial charge in [-0.1, -0.05) is 18.2 Å². The van der Waals surface area contributed by atoms with Crippen molar-refractivity contribution in [3.8, 4) is 5.82 Å². The van der Waals surface area contributed by atoms with Crippen LogP contribution in [0, 0.1) is 0 Å². The molecule has 1 aromatic carbocycles. The van der Waals surface area contributed by atoms with Crippen LogP contribution in [0.3, 0.4) is 0 Å². The van der Waals surface area contributed by atoms with Crippen molar-refractivity contribution in [2.45, 2.75) is 25.5 Å². The molecule has 1 fully saturated rings. The molecule has 4 aromatic rings. The van der Waals surface area contributed by atoms with E-state index in [1.807, 2.05) is 29.2 Å². The molecule has 0 aliphatic carbocycles. The number of aliphatic hydroxyl groups is 1. The summed E-state index contributed by atoms with van der Waals surface area (Å²) in [6.07, 6.45) is 4.34. The molecule has 0 amide bonds. The molecular formula is C19H19N7O3. The zero-order valence-electron chi connectivity index (χ0n) is 15.5. The lowest BCUT2D eigenvalue weighted by molar-refractivity contribution is -0.137. The molecule has 148 valence electrons. The first-order valence-electron chi connectivity index (χ1n) is 9.41. The lowest BCUT2D eigenvalue weighted by Gasteiger charge is -2.30. The highest BCUT2D eigenvalue weighted by atomic mass is 16.4. The summed E-state index contributed by atoms with van der Waals surface area (Å²) in [5, 5.41) is 24.7. The van der Waals surface area contributed by atoms with Gasteiger partial charge in [0, 0.05) is 18.5 Å². The number of aromatic nitrogens is 6. The van der Waals surface area contributed by atoms with Crippen LogP contribution in [0.2, 0.25) is 0 Å². The Kier molecular flexibility index (Phi) is 4.13. The molecule has 0 unspecified atom stereocenters. The topological polar surface area (TPSA) is 122 Å². The number of imidazole rings is 1. The highest BCUT2D eigenvalue weighted by Gasteiger charge is 2.24. The number of carbonyl (C=O) groups is 1. The fraction of sp³-hybridized carbons (Fsp3) is 0.316. The van der Waals surface area contributed by atoms with Gasteiger partial charge >= 0.3 is 5.97 Å². The predicted octanol–water partition coefficient (Wildman–Crippen LogP) is 1.21. The molecule has 5 rings (SSSR count). The molecule has 10 nitrogen and oxygen atoms in total. The number of nitrogens with zero attached hydrogens (tertiary/aromatic N) is 7. The Morgan fingerprint density at radius 1 is 1.24 bits per heavy atom. The summed E-state index contributed by atoms with van der Waals surface area (Å²) in [4.78, 5) is 26.9. The summed E-state index contributed by atoms with van der Waals surface area (Å²) < 4.78 is 3.18. The van der Waals surface area contributed by atoms with E-state index >= 15 is 0 Å². The lowest BCUT2D eigenvalue weighted by atomic mass is 10.1. The van der Waals surface area contributed by atoms with Gasteiger partial charge in [0.1, 0.15) is 6.54 Å². The van der Waals surface area contributed by atoms with Gasteiger partial charge < -0.3 is 19.7 Å². The number of carboxylic acids is 1. The molecule has 1 aliphatic rings. The number of fused-ring (bicyclic) bond motifs is 2. The van der Waals surface area contributed by atoms with Gasteiger partial charge in [-0.05, 0) is 18.9 Å². The second-order valence-electron chi connectivity index (χ2n) is 7.14. The molecule has 29 heavy (non-hydrogen) atoms. The fourth-order valence-corrected chi connectivity index (χ4v) is 3.75. The molecule has 10 heteroatoms. The van der Waals surface area contributed by atoms with E-state index in [0.29, 0.717) is 29.5 Å². The molecule has 0 saturated carbocycles. The average Bonchev–Trinajstić information content (AvgIpc) is 3.31. The Balaban J connectivity index is 1.73. The monoisotopic (exact) mass is 393 g/mol. The SMILES string of the molecule is O=C(O)Cn1cnc2c(-n3ncc4ccccc43)nc(N3CCC[C@@H](O)C3)nc21. The van der Waals surface area contributed by atoms with Crippen molar-refractivity contribution in [2.75, 3.05) is 18.0 Å². The zero-order chi connectivity index (χ0) is 20.0. The van der Waals surface area contributed by atoms with Crippen LogP contribution in [-0.4, -0.2) is 64.7 Å². The van der Waals surface area contributed by atoms with E-state index < -0.39 is 12.1 Å². The molecule has 2 N–H and O–H groups in total.